The third kappa shape index (κ3) is 6.06. The predicted molar refractivity (Wildman–Crippen MR) is 116 cm³/mol. The fourth-order valence-corrected chi connectivity index (χ4v) is 3.00. The maximum absolute atomic E-state index is 12.1. The first-order valence-electron chi connectivity index (χ1n) is 8.97. The first kappa shape index (κ1) is 19.8. The number of aliphatic imine (C=N–C) groups is 1. The van der Waals surface area contributed by atoms with E-state index in [1.165, 1.54) is 0 Å². The average molecular weight is 437 g/mol. The zero-order valence-corrected chi connectivity index (χ0v) is 17.1. The van der Waals surface area contributed by atoms with E-state index in [9.17, 15) is 4.79 Å². The third-order valence-electron chi connectivity index (χ3n) is 4.10. The average Bonchev–Trinajstić information content (AvgIpc) is 2.72. The highest BCUT2D eigenvalue weighted by Gasteiger charge is 2.09. The van der Waals surface area contributed by atoms with Crippen molar-refractivity contribution in [3.63, 3.8) is 0 Å². The van der Waals surface area contributed by atoms with Crippen LogP contribution in [0.3, 0.4) is 0 Å². The maximum atomic E-state index is 12.1. The Balaban J connectivity index is 1.49. The van der Waals surface area contributed by atoms with Gasteiger partial charge in [0.05, 0.1) is 11.7 Å². The van der Waals surface area contributed by atoms with Crippen molar-refractivity contribution in [3.05, 3.63) is 94.5 Å². The van der Waals surface area contributed by atoms with Crippen LogP contribution in [0.2, 0.25) is 0 Å². The summed E-state index contributed by atoms with van der Waals surface area (Å²) in [5.41, 5.74) is 2.89. The van der Waals surface area contributed by atoms with Crippen molar-refractivity contribution in [2.45, 2.75) is 13.0 Å². The molecule has 0 heterocycles. The molecule has 1 amide bonds. The normalized spacial score (nSPS) is 11.9. The molecule has 142 valence electrons. The highest BCUT2D eigenvalue weighted by Crippen LogP contribution is 2.19. The highest BCUT2D eigenvalue weighted by atomic mass is 79.9. The number of hydrogen-bond donors (Lipinski definition) is 1. The summed E-state index contributed by atoms with van der Waals surface area (Å²) in [6.45, 7) is 1.93. The van der Waals surface area contributed by atoms with Crippen LogP contribution < -0.4 is 10.1 Å². The number of rotatable bonds is 7. The SMILES string of the molecule is C[C@@H](NC(=O)COc1ccc(C=Nc2cccc(Br)c2)cc1)c1ccccc1. The molecule has 0 saturated heterocycles. The number of nitrogens with zero attached hydrogens (tertiary/aromatic N) is 1. The number of ether oxygens (including phenoxy) is 1. The number of halogens is 1. The molecule has 0 unspecified atom stereocenters. The molecule has 0 aliphatic carbocycles. The molecule has 0 saturated carbocycles. The minimum absolute atomic E-state index is 0.0251. The van der Waals surface area contributed by atoms with Crippen molar-refractivity contribution in [2.75, 3.05) is 6.61 Å². The van der Waals surface area contributed by atoms with Crippen LogP contribution >= 0.6 is 15.9 Å². The Hall–Kier alpha value is -2.92. The minimum Gasteiger partial charge on any atom is -0.484 e. The Kier molecular flexibility index (Phi) is 6.98. The maximum Gasteiger partial charge on any atom is 0.258 e. The molecule has 0 fully saturated rings. The van der Waals surface area contributed by atoms with Crippen molar-refractivity contribution in [2.24, 2.45) is 4.99 Å². The predicted octanol–water partition coefficient (Wildman–Crippen LogP) is 5.46. The molecule has 28 heavy (non-hydrogen) atoms. The van der Waals surface area contributed by atoms with Gasteiger partial charge in [0.25, 0.3) is 5.91 Å². The minimum atomic E-state index is -0.156. The van der Waals surface area contributed by atoms with Crippen LogP contribution in [0.4, 0.5) is 5.69 Å². The lowest BCUT2D eigenvalue weighted by Crippen LogP contribution is -2.31. The standard InChI is InChI=1S/C23H21BrN2O2/c1-17(19-6-3-2-4-7-19)26-23(27)16-28-22-12-10-18(11-13-22)15-25-21-9-5-8-20(24)14-21/h2-15,17H,16H2,1H3,(H,26,27)/t17-/m1/s1. The molecule has 3 rings (SSSR count). The number of carbonyl (C=O) groups is 1. The number of nitrogens with one attached hydrogen (secondary N) is 1. The van der Waals surface area contributed by atoms with Gasteiger partial charge in [-0.1, -0.05) is 52.3 Å². The van der Waals surface area contributed by atoms with Crippen molar-refractivity contribution in [3.8, 4) is 5.75 Å². The summed E-state index contributed by atoms with van der Waals surface area (Å²) in [5, 5.41) is 2.93. The van der Waals surface area contributed by atoms with Crippen LogP contribution in [0.5, 0.6) is 5.75 Å². The lowest BCUT2D eigenvalue weighted by atomic mass is 10.1. The van der Waals surface area contributed by atoms with Crippen LogP contribution in [-0.4, -0.2) is 18.7 Å². The molecular weight excluding hydrogens is 416 g/mol. The summed E-state index contributed by atoms with van der Waals surface area (Å²) in [5.74, 6) is 0.485. The Morgan fingerprint density at radius 1 is 1.07 bits per heavy atom. The van der Waals surface area contributed by atoms with Gasteiger partial charge in [0, 0.05) is 10.7 Å². The summed E-state index contributed by atoms with van der Waals surface area (Å²) in [7, 11) is 0. The van der Waals surface area contributed by atoms with Gasteiger partial charge in [0.15, 0.2) is 6.61 Å². The Bertz CT molecular complexity index is 940. The summed E-state index contributed by atoms with van der Waals surface area (Å²) in [6, 6.07) is 25.0. The zero-order valence-electron chi connectivity index (χ0n) is 15.5. The van der Waals surface area contributed by atoms with Crippen molar-refractivity contribution >= 4 is 33.7 Å². The first-order chi connectivity index (χ1) is 13.6. The van der Waals surface area contributed by atoms with Gasteiger partial charge in [-0.05, 0) is 60.5 Å². The van der Waals surface area contributed by atoms with Crippen LogP contribution in [-0.2, 0) is 4.79 Å². The van der Waals surface area contributed by atoms with Gasteiger partial charge in [-0.2, -0.15) is 0 Å². The van der Waals surface area contributed by atoms with E-state index in [2.05, 4.69) is 26.2 Å². The van der Waals surface area contributed by atoms with Crippen molar-refractivity contribution < 1.29 is 9.53 Å². The van der Waals surface area contributed by atoms with Gasteiger partial charge in [-0.25, -0.2) is 0 Å². The monoisotopic (exact) mass is 436 g/mol. The smallest absolute Gasteiger partial charge is 0.258 e. The van der Waals surface area contributed by atoms with Gasteiger partial charge in [-0.15, -0.1) is 0 Å². The lowest BCUT2D eigenvalue weighted by Gasteiger charge is -2.14. The second-order valence-corrected chi connectivity index (χ2v) is 7.21. The van der Waals surface area contributed by atoms with E-state index in [0.29, 0.717) is 5.75 Å². The molecule has 3 aromatic carbocycles. The number of amides is 1. The molecule has 0 spiro atoms. The van der Waals surface area contributed by atoms with E-state index in [-0.39, 0.29) is 18.6 Å². The second-order valence-electron chi connectivity index (χ2n) is 6.30. The van der Waals surface area contributed by atoms with Crippen LogP contribution in [0.15, 0.2) is 88.3 Å². The molecule has 0 aromatic heterocycles. The molecule has 0 aliphatic rings. The van der Waals surface area contributed by atoms with Gasteiger partial charge in [-0.3, -0.25) is 9.79 Å². The molecule has 0 bridgehead atoms. The van der Waals surface area contributed by atoms with Crippen LogP contribution in [0, 0.1) is 0 Å². The van der Waals surface area contributed by atoms with E-state index < -0.39 is 0 Å². The highest BCUT2D eigenvalue weighted by molar-refractivity contribution is 9.10. The molecule has 3 aromatic rings. The van der Waals surface area contributed by atoms with E-state index in [0.717, 1.165) is 21.3 Å². The molecular formula is C23H21BrN2O2. The van der Waals surface area contributed by atoms with Gasteiger partial charge in [0.1, 0.15) is 5.75 Å². The first-order valence-corrected chi connectivity index (χ1v) is 9.76. The Morgan fingerprint density at radius 2 is 1.82 bits per heavy atom. The quantitative estimate of drug-likeness (QED) is 0.500. The van der Waals surface area contributed by atoms with E-state index >= 15 is 0 Å². The number of benzene rings is 3. The third-order valence-corrected chi connectivity index (χ3v) is 4.59. The van der Waals surface area contributed by atoms with Crippen LogP contribution in [0.25, 0.3) is 0 Å². The molecule has 0 radical (unpaired) electrons. The molecule has 5 heteroatoms. The largest absolute Gasteiger partial charge is 0.484 e. The summed E-state index contributed by atoms with van der Waals surface area (Å²) < 4.78 is 6.57. The van der Waals surface area contributed by atoms with Crippen molar-refractivity contribution in [1.82, 2.24) is 5.32 Å². The Labute approximate surface area is 173 Å². The van der Waals surface area contributed by atoms with Gasteiger partial charge in [0.2, 0.25) is 0 Å². The summed E-state index contributed by atoms with van der Waals surface area (Å²) >= 11 is 3.43. The van der Waals surface area contributed by atoms with Crippen molar-refractivity contribution in [1.29, 1.82) is 0 Å². The fourth-order valence-electron chi connectivity index (χ4n) is 2.61. The molecule has 1 N–H and O–H groups in total. The summed E-state index contributed by atoms with van der Waals surface area (Å²) in [6.07, 6.45) is 1.79. The number of hydrogen-bond acceptors (Lipinski definition) is 3. The summed E-state index contributed by atoms with van der Waals surface area (Å²) in [4.78, 5) is 16.5. The molecule has 0 aliphatic heterocycles. The van der Waals surface area contributed by atoms with Gasteiger partial charge >= 0.3 is 0 Å². The lowest BCUT2D eigenvalue weighted by molar-refractivity contribution is -0.123. The van der Waals surface area contributed by atoms with Gasteiger partial charge < -0.3 is 10.1 Å². The van der Waals surface area contributed by atoms with E-state index in [1.807, 2.05) is 85.8 Å². The number of carbonyl (C=O) groups excluding carboxylic acids is 1. The topological polar surface area (TPSA) is 50.7 Å². The molecule has 1 atom stereocenters. The van der Waals surface area contributed by atoms with E-state index in [4.69, 9.17) is 4.74 Å². The fraction of sp³-hybridized carbons (Fsp3) is 0.130. The van der Waals surface area contributed by atoms with Crippen LogP contribution in [0.1, 0.15) is 24.1 Å². The molecule has 4 nitrogen and oxygen atoms in total. The zero-order chi connectivity index (χ0) is 19.8. The Morgan fingerprint density at radius 3 is 2.54 bits per heavy atom. The van der Waals surface area contributed by atoms with E-state index in [1.54, 1.807) is 6.21 Å². The second kappa shape index (κ2) is 9.85.